The van der Waals surface area contributed by atoms with Crippen molar-refractivity contribution in [2.45, 2.75) is 19.8 Å². The van der Waals surface area contributed by atoms with Gasteiger partial charge in [0.25, 0.3) is 0 Å². The predicted octanol–water partition coefficient (Wildman–Crippen LogP) is 2.73. The highest BCUT2D eigenvalue weighted by Gasteiger charge is 1.96. The van der Waals surface area contributed by atoms with Gasteiger partial charge in [0.15, 0.2) is 0 Å². The smallest absolute Gasteiger partial charge is 0.240 e. The zero-order valence-electron chi connectivity index (χ0n) is 12.2. The Labute approximate surface area is 124 Å². The van der Waals surface area contributed by atoms with Crippen LogP contribution in [0, 0.1) is 0 Å². The normalized spacial score (nSPS) is 12.0. The van der Waals surface area contributed by atoms with Crippen molar-refractivity contribution in [1.29, 1.82) is 0 Å². The summed E-state index contributed by atoms with van der Waals surface area (Å²) in [6.07, 6.45) is 8.10. The number of nitrogens with one attached hydrogen (secondary N) is 1. The topological polar surface area (TPSA) is 70.9 Å². The number of phenols is 1. The predicted molar refractivity (Wildman–Crippen MR) is 83.0 cm³/mol. The highest BCUT2D eigenvalue weighted by Crippen LogP contribution is 2.07. The van der Waals surface area contributed by atoms with Crippen LogP contribution in [0.25, 0.3) is 0 Å². The van der Waals surface area contributed by atoms with Gasteiger partial charge >= 0.3 is 0 Å². The van der Waals surface area contributed by atoms with Crippen LogP contribution in [0.15, 0.2) is 53.4 Å². The summed E-state index contributed by atoms with van der Waals surface area (Å²) in [6, 6.07) is 6.53. The number of carbonyl (C=O) groups is 1. The second-order valence-electron chi connectivity index (χ2n) is 4.33. The summed E-state index contributed by atoms with van der Waals surface area (Å²) >= 11 is 0. The van der Waals surface area contributed by atoms with Crippen molar-refractivity contribution < 1.29 is 14.6 Å². The van der Waals surface area contributed by atoms with Crippen molar-refractivity contribution in [2.75, 3.05) is 7.11 Å². The molecule has 0 aliphatic heterocycles. The van der Waals surface area contributed by atoms with Crippen molar-refractivity contribution in [2.24, 2.45) is 5.10 Å². The van der Waals surface area contributed by atoms with E-state index in [2.05, 4.69) is 10.5 Å². The average molecular weight is 288 g/mol. The molecule has 5 nitrogen and oxygen atoms in total. The Morgan fingerprint density at radius 1 is 1.38 bits per heavy atom. The molecule has 0 fully saturated rings. The molecule has 0 saturated heterocycles. The maximum Gasteiger partial charge on any atom is 0.240 e. The van der Waals surface area contributed by atoms with Gasteiger partial charge in [0.1, 0.15) is 5.75 Å². The third-order valence-electron chi connectivity index (χ3n) is 2.62. The molecule has 0 radical (unpaired) electrons. The Balaban J connectivity index is 2.26. The van der Waals surface area contributed by atoms with Gasteiger partial charge in [-0.3, -0.25) is 4.79 Å². The van der Waals surface area contributed by atoms with E-state index < -0.39 is 0 Å². The molecule has 1 amide bonds. The fourth-order valence-corrected chi connectivity index (χ4v) is 1.38. The Bertz CT molecular complexity index is 531. The number of allylic oxidation sites excluding steroid dienone is 4. The molecule has 0 unspecified atom stereocenters. The van der Waals surface area contributed by atoms with Crippen molar-refractivity contribution in [3.05, 3.63) is 53.8 Å². The first-order valence-electron chi connectivity index (χ1n) is 6.60. The van der Waals surface area contributed by atoms with Crippen molar-refractivity contribution in [3.63, 3.8) is 0 Å². The monoisotopic (exact) mass is 288 g/mol. The number of methoxy groups -OCH3 is 1. The summed E-state index contributed by atoms with van der Waals surface area (Å²) in [5, 5.41) is 13.0. The van der Waals surface area contributed by atoms with Crippen LogP contribution in [0.4, 0.5) is 0 Å². The first-order chi connectivity index (χ1) is 10.1. The summed E-state index contributed by atoms with van der Waals surface area (Å²) < 4.78 is 4.98. The molecule has 0 aromatic heterocycles. The molecule has 1 rings (SSSR count). The lowest BCUT2D eigenvalue weighted by Crippen LogP contribution is -2.16. The van der Waals surface area contributed by atoms with E-state index in [9.17, 15) is 4.79 Å². The Morgan fingerprint density at radius 3 is 2.76 bits per heavy atom. The molecule has 1 aromatic carbocycles. The van der Waals surface area contributed by atoms with Crippen molar-refractivity contribution in [1.82, 2.24) is 5.43 Å². The number of phenolic OH excluding ortho intramolecular Hbond substituents is 1. The zero-order chi connectivity index (χ0) is 15.5. The van der Waals surface area contributed by atoms with E-state index in [4.69, 9.17) is 9.84 Å². The number of aromatic hydroxyl groups is 1. The minimum atomic E-state index is -0.151. The van der Waals surface area contributed by atoms with Crippen LogP contribution in [-0.4, -0.2) is 24.3 Å². The summed E-state index contributed by atoms with van der Waals surface area (Å²) in [5.41, 5.74) is 3.25. The van der Waals surface area contributed by atoms with Crippen LogP contribution in [-0.2, 0) is 9.53 Å². The van der Waals surface area contributed by atoms with E-state index in [1.807, 2.05) is 25.2 Å². The van der Waals surface area contributed by atoms with Crippen LogP contribution >= 0.6 is 0 Å². The fourth-order valence-electron chi connectivity index (χ4n) is 1.38. The van der Waals surface area contributed by atoms with Crippen LogP contribution < -0.4 is 5.43 Å². The van der Waals surface area contributed by atoms with E-state index in [1.54, 1.807) is 31.4 Å². The number of nitrogens with zero attached hydrogens (tertiary/aromatic N) is 1. The number of hydrazone groups is 1. The lowest BCUT2D eigenvalue weighted by molar-refractivity contribution is -0.120. The Morgan fingerprint density at radius 2 is 2.10 bits per heavy atom. The summed E-state index contributed by atoms with van der Waals surface area (Å²) in [5.74, 6) is 0.858. The van der Waals surface area contributed by atoms with Crippen LogP contribution in [0.2, 0.25) is 0 Å². The van der Waals surface area contributed by atoms with E-state index in [1.165, 1.54) is 6.21 Å². The number of hydrogen-bond acceptors (Lipinski definition) is 4. The van der Waals surface area contributed by atoms with Crippen LogP contribution in [0.1, 0.15) is 25.3 Å². The lowest BCUT2D eigenvalue weighted by Gasteiger charge is -1.97. The molecule has 0 heterocycles. The maximum absolute atomic E-state index is 11.5. The van der Waals surface area contributed by atoms with Gasteiger partial charge in [0.05, 0.1) is 19.1 Å². The molecule has 2 N–H and O–H groups in total. The minimum Gasteiger partial charge on any atom is -0.508 e. The van der Waals surface area contributed by atoms with E-state index >= 15 is 0 Å². The molecule has 0 aliphatic carbocycles. The van der Waals surface area contributed by atoms with E-state index in [-0.39, 0.29) is 11.7 Å². The lowest BCUT2D eigenvalue weighted by atomic mass is 10.2. The van der Waals surface area contributed by atoms with Gasteiger partial charge < -0.3 is 9.84 Å². The Hall–Kier alpha value is -2.56. The molecule has 112 valence electrons. The fraction of sp³-hybridized carbons (Fsp3) is 0.250. The number of rotatable bonds is 7. The minimum absolute atomic E-state index is 0.151. The number of hydrogen-bond donors (Lipinski definition) is 2. The molecule has 5 heteroatoms. The first kappa shape index (κ1) is 16.5. The van der Waals surface area contributed by atoms with Gasteiger partial charge in [0.2, 0.25) is 5.91 Å². The van der Waals surface area contributed by atoms with Crippen molar-refractivity contribution >= 4 is 12.1 Å². The standard InChI is InChI=1S/C16H20N2O3/c1-13(21-2)6-4-3-5-7-16(20)18-17-12-14-8-10-15(19)11-9-14/h3-4,6,8-12,19H,5,7H2,1-2H3,(H,18,20)/b4-3-,13-6+,17-12+. The number of carbonyl (C=O) groups excluding carboxylic acids is 1. The molecular formula is C16H20N2O3. The molecule has 0 saturated carbocycles. The first-order valence-corrected chi connectivity index (χ1v) is 6.60. The summed E-state index contributed by atoms with van der Waals surface area (Å²) in [6.45, 7) is 1.86. The molecule has 21 heavy (non-hydrogen) atoms. The highest BCUT2D eigenvalue weighted by molar-refractivity contribution is 5.82. The van der Waals surface area contributed by atoms with Gasteiger partial charge in [-0.25, -0.2) is 5.43 Å². The maximum atomic E-state index is 11.5. The summed E-state index contributed by atoms with van der Waals surface area (Å²) in [4.78, 5) is 11.5. The van der Waals surface area contributed by atoms with E-state index in [0.717, 1.165) is 11.3 Å². The summed E-state index contributed by atoms with van der Waals surface area (Å²) in [7, 11) is 1.61. The molecule has 0 spiro atoms. The van der Waals surface area contributed by atoms with E-state index in [0.29, 0.717) is 12.8 Å². The van der Waals surface area contributed by atoms with Gasteiger partial charge in [-0.1, -0.05) is 12.2 Å². The second-order valence-corrected chi connectivity index (χ2v) is 4.33. The van der Waals surface area contributed by atoms with Crippen LogP contribution in [0.5, 0.6) is 5.75 Å². The number of ether oxygens (including phenoxy) is 1. The second kappa shape index (κ2) is 9.36. The van der Waals surface area contributed by atoms with Gasteiger partial charge in [-0.15, -0.1) is 0 Å². The molecular weight excluding hydrogens is 268 g/mol. The highest BCUT2D eigenvalue weighted by atomic mass is 16.5. The van der Waals surface area contributed by atoms with Crippen molar-refractivity contribution in [3.8, 4) is 5.75 Å². The average Bonchev–Trinajstić information content (AvgIpc) is 2.48. The molecule has 1 aromatic rings. The van der Waals surface area contributed by atoms with Gasteiger partial charge in [-0.05, 0) is 49.2 Å². The largest absolute Gasteiger partial charge is 0.508 e. The quantitative estimate of drug-likeness (QED) is 0.351. The SMILES string of the molecule is CO/C(C)=C/C=C\CCC(=O)N/N=C/c1ccc(O)cc1. The third-order valence-corrected chi connectivity index (χ3v) is 2.62. The number of amides is 1. The molecule has 0 atom stereocenters. The van der Waals surface area contributed by atoms with Gasteiger partial charge in [0, 0.05) is 6.42 Å². The van der Waals surface area contributed by atoms with Gasteiger partial charge in [-0.2, -0.15) is 5.10 Å². The zero-order valence-corrected chi connectivity index (χ0v) is 12.2. The number of benzene rings is 1. The molecule has 0 bridgehead atoms. The third kappa shape index (κ3) is 7.57. The Kier molecular flexibility index (Phi) is 7.35. The van der Waals surface area contributed by atoms with Crippen LogP contribution in [0.3, 0.4) is 0 Å². The molecule has 0 aliphatic rings.